The molecule has 6 nitrogen and oxygen atoms in total. The van der Waals surface area contributed by atoms with Crippen LogP contribution >= 0.6 is 11.8 Å². The van der Waals surface area contributed by atoms with Crippen LogP contribution in [0.3, 0.4) is 0 Å². The SMILES string of the molecule is NC(=O)C1CC2(CC(NCc3nc(C4CCC4)no3)CCS2)C1. The van der Waals surface area contributed by atoms with Gasteiger partial charge < -0.3 is 15.6 Å². The van der Waals surface area contributed by atoms with Gasteiger partial charge in [0.1, 0.15) is 0 Å². The summed E-state index contributed by atoms with van der Waals surface area (Å²) in [6.07, 6.45) is 7.80. The van der Waals surface area contributed by atoms with Gasteiger partial charge >= 0.3 is 0 Å². The summed E-state index contributed by atoms with van der Waals surface area (Å²) in [6.45, 7) is 0.643. The van der Waals surface area contributed by atoms with Crippen molar-refractivity contribution in [3.05, 3.63) is 11.7 Å². The summed E-state index contributed by atoms with van der Waals surface area (Å²) >= 11 is 2.02. The average molecular weight is 336 g/mol. The predicted molar refractivity (Wildman–Crippen MR) is 87.9 cm³/mol. The third-order valence-corrected chi connectivity index (χ3v) is 7.18. The normalized spacial score (nSPS) is 34.1. The molecule has 23 heavy (non-hydrogen) atoms. The summed E-state index contributed by atoms with van der Waals surface area (Å²) in [5.41, 5.74) is 5.41. The molecule has 1 aromatic rings. The zero-order valence-electron chi connectivity index (χ0n) is 13.3. The highest BCUT2D eigenvalue weighted by Crippen LogP contribution is 2.53. The van der Waals surface area contributed by atoms with Crippen LogP contribution in [0.4, 0.5) is 0 Å². The van der Waals surface area contributed by atoms with Gasteiger partial charge in [0.15, 0.2) is 5.82 Å². The van der Waals surface area contributed by atoms with E-state index in [4.69, 9.17) is 10.3 Å². The number of hydrogen-bond acceptors (Lipinski definition) is 6. The van der Waals surface area contributed by atoms with Crippen molar-refractivity contribution in [2.24, 2.45) is 11.7 Å². The summed E-state index contributed by atoms with van der Waals surface area (Å²) in [4.78, 5) is 15.8. The number of aromatic nitrogens is 2. The average Bonchev–Trinajstić information content (AvgIpc) is 2.89. The number of primary amides is 1. The van der Waals surface area contributed by atoms with Crippen molar-refractivity contribution < 1.29 is 9.32 Å². The number of carbonyl (C=O) groups excluding carboxylic acids is 1. The summed E-state index contributed by atoms with van der Waals surface area (Å²) in [5.74, 6) is 3.18. The second kappa shape index (κ2) is 6.09. The molecule has 3 aliphatic rings. The van der Waals surface area contributed by atoms with Gasteiger partial charge in [-0.1, -0.05) is 11.6 Å². The minimum atomic E-state index is -0.138. The van der Waals surface area contributed by atoms with E-state index in [1.807, 2.05) is 11.8 Å². The second-order valence-corrected chi connectivity index (χ2v) is 8.85. The maximum absolute atomic E-state index is 11.3. The fourth-order valence-electron chi connectivity index (χ4n) is 3.93. The number of nitrogens with two attached hydrogens (primary N) is 1. The van der Waals surface area contributed by atoms with Crippen LogP contribution in [0.15, 0.2) is 4.52 Å². The zero-order valence-corrected chi connectivity index (χ0v) is 14.1. The third kappa shape index (κ3) is 3.13. The Balaban J connectivity index is 1.27. The maximum atomic E-state index is 11.3. The fourth-order valence-corrected chi connectivity index (χ4v) is 5.72. The molecule has 1 atom stereocenters. The molecule has 126 valence electrons. The number of rotatable bonds is 5. The Morgan fingerprint density at radius 2 is 2.17 bits per heavy atom. The number of hydrogen-bond donors (Lipinski definition) is 2. The van der Waals surface area contributed by atoms with Gasteiger partial charge in [-0.3, -0.25) is 4.79 Å². The molecule has 1 amide bonds. The zero-order chi connectivity index (χ0) is 15.9. The van der Waals surface area contributed by atoms with E-state index in [9.17, 15) is 4.79 Å². The Hall–Kier alpha value is -1.08. The van der Waals surface area contributed by atoms with Crippen molar-refractivity contribution in [3.8, 4) is 0 Å². The van der Waals surface area contributed by atoms with Crippen molar-refractivity contribution in [3.63, 3.8) is 0 Å². The second-order valence-electron chi connectivity index (χ2n) is 7.28. The maximum Gasteiger partial charge on any atom is 0.240 e. The molecule has 1 saturated heterocycles. The highest BCUT2D eigenvalue weighted by molar-refractivity contribution is 8.00. The van der Waals surface area contributed by atoms with Gasteiger partial charge in [-0.15, -0.1) is 0 Å². The van der Waals surface area contributed by atoms with Gasteiger partial charge in [-0.2, -0.15) is 16.7 Å². The first-order valence-corrected chi connectivity index (χ1v) is 9.61. The van der Waals surface area contributed by atoms with Crippen LogP contribution in [0.2, 0.25) is 0 Å². The largest absolute Gasteiger partial charge is 0.369 e. The lowest BCUT2D eigenvalue weighted by molar-refractivity contribution is -0.125. The first-order valence-electron chi connectivity index (χ1n) is 8.63. The van der Waals surface area contributed by atoms with Crippen LogP contribution in [0, 0.1) is 5.92 Å². The number of nitrogens with one attached hydrogen (secondary N) is 1. The highest BCUT2D eigenvalue weighted by Gasteiger charge is 2.49. The Morgan fingerprint density at radius 3 is 2.87 bits per heavy atom. The fraction of sp³-hybridized carbons (Fsp3) is 0.812. The van der Waals surface area contributed by atoms with Gasteiger partial charge in [-0.05, 0) is 44.3 Å². The van der Waals surface area contributed by atoms with E-state index in [-0.39, 0.29) is 16.6 Å². The summed E-state index contributed by atoms with van der Waals surface area (Å²) in [7, 11) is 0. The first-order chi connectivity index (χ1) is 11.1. The highest BCUT2D eigenvalue weighted by atomic mass is 32.2. The lowest BCUT2D eigenvalue weighted by Gasteiger charge is -2.50. The molecule has 7 heteroatoms. The van der Waals surface area contributed by atoms with Gasteiger partial charge in [0.05, 0.1) is 6.54 Å². The molecule has 3 fully saturated rings. The molecule has 3 N–H and O–H groups in total. The van der Waals surface area contributed by atoms with E-state index in [2.05, 4.69) is 15.5 Å². The van der Waals surface area contributed by atoms with Crippen molar-refractivity contribution in [2.45, 2.75) is 68.2 Å². The minimum Gasteiger partial charge on any atom is -0.369 e. The Labute approximate surface area is 140 Å². The number of amides is 1. The van der Waals surface area contributed by atoms with Gasteiger partial charge in [-0.25, -0.2) is 0 Å². The lowest BCUT2D eigenvalue weighted by atomic mass is 9.70. The molecule has 2 aliphatic carbocycles. The molecule has 1 aromatic heterocycles. The molecule has 2 saturated carbocycles. The standard InChI is InChI=1S/C16H24N4O2S/c17-14(21)11-6-16(7-11)8-12(4-5-23-16)18-9-13-19-15(20-22-13)10-2-1-3-10/h10-12,18H,1-9H2,(H2,17,21). The molecule has 0 bridgehead atoms. The van der Waals surface area contributed by atoms with E-state index < -0.39 is 0 Å². The summed E-state index contributed by atoms with van der Waals surface area (Å²) in [5, 5.41) is 7.67. The Bertz CT molecular complexity index is 580. The minimum absolute atomic E-state index is 0.0854. The molecule has 2 heterocycles. The van der Waals surface area contributed by atoms with Gasteiger partial charge in [0, 0.05) is 22.6 Å². The molecule has 1 unspecified atom stereocenters. The van der Waals surface area contributed by atoms with Crippen molar-refractivity contribution >= 4 is 17.7 Å². The predicted octanol–water partition coefficient (Wildman–Crippen LogP) is 1.96. The number of thioether (sulfide) groups is 1. The van der Waals surface area contributed by atoms with Crippen LogP contribution in [0.25, 0.3) is 0 Å². The smallest absolute Gasteiger partial charge is 0.240 e. The molecule has 1 aliphatic heterocycles. The van der Waals surface area contributed by atoms with E-state index >= 15 is 0 Å². The van der Waals surface area contributed by atoms with Crippen LogP contribution in [-0.2, 0) is 11.3 Å². The van der Waals surface area contributed by atoms with E-state index in [1.165, 1.54) is 19.3 Å². The monoisotopic (exact) mass is 336 g/mol. The van der Waals surface area contributed by atoms with Crippen LogP contribution < -0.4 is 11.1 Å². The molecule has 0 radical (unpaired) electrons. The first kappa shape index (κ1) is 15.4. The van der Waals surface area contributed by atoms with Crippen LogP contribution in [0.5, 0.6) is 0 Å². The summed E-state index contributed by atoms with van der Waals surface area (Å²) in [6, 6.07) is 0.462. The topological polar surface area (TPSA) is 94.0 Å². The quantitative estimate of drug-likeness (QED) is 0.853. The van der Waals surface area contributed by atoms with Crippen molar-refractivity contribution in [1.82, 2.24) is 15.5 Å². The van der Waals surface area contributed by atoms with E-state index in [0.29, 0.717) is 24.4 Å². The van der Waals surface area contributed by atoms with Crippen molar-refractivity contribution in [1.29, 1.82) is 0 Å². The number of carbonyl (C=O) groups is 1. The summed E-state index contributed by atoms with van der Waals surface area (Å²) < 4.78 is 5.63. The molecular weight excluding hydrogens is 312 g/mol. The van der Waals surface area contributed by atoms with Gasteiger partial charge in [0.2, 0.25) is 11.8 Å². The Morgan fingerprint density at radius 1 is 1.35 bits per heavy atom. The van der Waals surface area contributed by atoms with Crippen molar-refractivity contribution in [2.75, 3.05) is 5.75 Å². The lowest BCUT2D eigenvalue weighted by Crippen LogP contribution is -2.52. The van der Waals surface area contributed by atoms with E-state index in [1.54, 1.807) is 0 Å². The van der Waals surface area contributed by atoms with Crippen LogP contribution in [-0.4, -0.2) is 32.6 Å². The molecular formula is C16H24N4O2S. The van der Waals surface area contributed by atoms with E-state index in [0.717, 1.165) is 37.3 Å². The van der Waals surface area contributed by atoms with Gasteiger partial charge in [0.25, 0.3) is 0 Å². The molecule has 4 rings (SSSR count). The third-order valence-electron chi connectivity index (χ3n) is 5.63. The number of nitrogens with zero attached hydrogens (tertiary/aromatic N) is 2. The Kier molecular flexibility index (Phi) is 4.09. The molecule has 0 aromatic carbocycles. The van der Waals surface area contributed by atoms with Crippen LogP contribution in [0.1, 0.15) is 62.6 Å². The molecule has 1 spiro atoms.